The molecule has 0 atom stereocenters. The average Bonchev–Trinajstić information content (AvgIpc) is 2.63. The third kappa shape index (κ3) is 3.17. The first kappa shape index (κ1) is 13.2. The van der Waals surface area contributed by atoms with Crippen LogP contribution in [0.4, 0.5) is 16.9 Å². The maximum Gasteiger partial charge on any atom is 0.232 e. The van der Waals surface area contributed by atoms with Crippen molar-refractivity contribution in [3.8, 4) is 0 Å². The van der Waals surface area contributed by atoms with Gasteiger partial charge in [0, 0.05) is 16.9 Å². The minimum absolute atomic E-state index is 0.0353. The first-order chi connectivity index (χ1) is 8.34. The number of thiazole rings is 1. The monoisotopic (exact) mass is 327 g/mol. The number of nitrogen functional groups attached to an aromatic ring is 1. The van der Waals surface area contributed by atoms with Gasteiger partial charge in [-0.15, -0.1) is 11.3 Å². The molecule has 2 heterocycles. The second kappa shape index (κ2) is 4.81. The van der Waals surface area contributed by atoms with Crippen molar-refractivity contribution >= 4 is 44.2 Å². The van der Waals surface area contributed by atoms with Crippen LogP contribution in [0.3, 0.4) is 0 Å². The smallest absolute Gasteiger partial charge is 0.232 e. The van der Waals surface area contributed by atoms with Crippen LogP contribution in [0.2, 0.25) is 0 Å². The van der Waals surface area contributed by atoms with Crippen molar-refractivity contribution in [3.63, 3.8) is 0 Å². The normalized spacial score (nSPS) is 11.6. The Balaban J connectivity index is 2.21. The lowest BCUT2D eigenvalue weighted by Gasteiger charge is -2.14. The molecule has 0 aromatic carbocycles. The third-order valence-corrected chi connectivity index (χ3v) is 3.37. The van der Waals surface area contributed by atoms with Gasteiger partial charge in [-0.3, -0.25) is 5.32 Å². The van der Waals surface area contributed by atoms with Crippen molar-refractivity contribution in [3.05, 3.63) is 21.7 Å². The third-order valence-electron chi connectivity index (χ3n) is 2.21. The van der Waals surface area contributed by atoms with Gasteiger partial charge in [0.15, 0.2) is 5.13 Å². The Kier molecular flexibility index (Phi) is 3.54. The zero-order valence-corrected chi connectivity index (χ0v) is 12.8. The van der Waals surface area contributed by atoms with E-state index in [4.69, 9.17) is 5.73 Å². The number of hydrogen-bond acceptors (Lipinski definition) is 6. The summed E-state index contributed by atoms with van der Waals surface area (Å²) in [6.07, 6.45) is 0. The maximum atomic E-state index is 5.65. The van der Waals surface area contributed by atoms with Gasteiger partial charge in [0.1, 0.15) is 10.4 Å². The molecule has 2 rings (SSSR count). The van der Waals surface area contributed by atoms with E-state index >= 15 is 0 Å². The molecule has 2 aromatic heterocycles. The number of hydrogen-bond donors (Lipinski definition) is 2. The SMILES string of the molecule is CC(C)(C)c1csc(Nc2nc(N)cc(Br)n2)n1. The van der Waals surface area contributed by atoms with E-state index in [1.54, 1.807) is 6.07 Å². The molecule has 0 bridgehead atoms. The highest BCUT2D eigenvalue weighted by Gasteiger charge is 2.17. The van der Waals surface area contributed by atoms with Crippen molar-refractivity contribution in [1.29, 1.82) is 0 Å². The summed E-state index contributed by atoms with van der Waals surface area (Å²) in [7, 11) is 0. The minimum Gasteiger partial charge on any atom is -0.383 e. The molecule has 0 radical (unpaired) electrons. The van der Waals surface area contributed by atoms with Crippen LogP contribution in [0.25, 0.3) is 0 Å². The molecular weight excluding hydrogens is 314 g/mol. The fourth-order valence-corrected chi connectivity index (χ4v) is 2.60. The first-order valence-corrected chi connectivity index (χ1v) is 7.05. The van der Waals surface area contributed by atoms with Crippen LogP contribution >= 0.6 is 27.3 Å². The molecule has 7 heteroatoms. The van der Waals surface area contributed by atoms with Gasteiger partial charge in [-0.1, -0.05) is 20.8 Å². The van der Waals surface area contributed by atoms with E-state index in [0.717, 1.165) is 10.8 Å². The molecule has 0 saturated heterocycles. The second-order valence-corrected chi connectivity index (χ2v) is 6.52. The highest BCUT2D eigenvalue weighted by molar-refractivity contribution is 9.10. The van der Waals surface area contributed by atoms with E-state index < -0.39 is 0 Å². The molecule has 0 aliphatic heterocycles. The molecule has 0 aliphatic rings. The number of aromatic nitrogens is 3. The highest BCUT2D eigenvalue weighted by Crippen LogP contribution is 2.27. The predicted molar refractivity (Wildman–Crippen MR) is 78.2 cm³/mol. The maximum absolute atomic E-state index is 5.65. The summed E-state index contributed by atoms with van der Waals surface area (Å²) in [5.74, 6) is 0.851. The summed E-state index contributed by atoms with van der Waals surface area (Å²) >= 11 is 4.80. The van der Waals surface area contributed by atoms with Crippen LogP contribution in [0, 0.1) is 0 Å². The zero-order chi connectivity index (χ0) is 13.3. The lowest BCUT2D eigenvalue weighted by molar-refractivity contribution is 0.573. The van der Waals surface area contributed by atoms with Gasteiger partial charge in [-0.25, -0.2) is 9.97 Å². The molecule has 0 amide bonds. The molecule has 18 heavy (non-hydrogen) atoms. The molecule has 5 nitrogen and oxygen atoms in total. The van der Waals surface area contributed by atoms with E-state index in [-0.39, 0.29) is 5.41 Å². The van der Waals surface area contributed by atoms with Crippen molar-refractivity contribution in [2.75, 3.05) is 11.1 Å². The Morgan fingerprint density at radius 2 is 2.00 bits per heavy atom. The van der Waals surface area contributed by atoms with E-state index in [1.807, 2.05) is 5.38 Å². The summed E-state index contributed by atoms with van der Waals surface area (Å²) in [5.41, 5.74) is 6.72. The molecule has 0 saturated carbocycles. The molecule has 96 valence electrons. The van der Waals surface area contributed by atoms with E-state index in [0.29, 0.717) is 16.4 Å². The molecular formula is C11H14BrN5S. The highest BCUT2D eigenvalue weighted by atomic mass is 79.9. The second-order valence-electron chi connectivity index (χ2n) is 4.85. The topological polar surface area (TPSA) is 76.7 Å². The first-order valence-electron chi connectivity index (χ1n) is 5.38. The molecule has 3 N–H and O–H groups in total. The molecule has 0 spiro atoms. The van der Waals surface area contributed by atoms with Crippen LogP contribution < -0.4 is 11.1 Å². The fraction of sp³-hybridized carbons (Fsp3) is 0.364. The van der Waals surface area contributed by atoms with Crippen molar-refractivity contribution in [2.24, 2.45) is 0 Å². The Labute approximate surface area is 118 Å². The van der Waals surface area contributed by atoms with Crippen molar-refractivity contribution in [2.45, 2.75) is 26.2 Å². The van der Waals surface area contributed by atoms with Gasteiger partial charge < -0.3 is 5.73 Å². The number of nitrogens with zero attached hydrogens (tertiary/aromatic N) is 3. The van der Waals surface area contributed by atoms with Crippen LogP contribution in [-0.4, -0.2) is 15.0 Å². The van der Waals surface area contributed by atoms with Gasteiger partial charge in [-0.05, 0) is 15.9 Å². The van der Waals surface area contributed by atoms with Crippen molar-refractivity contribution < 1.29 is 0 Å². The van der Waals surface area contributed by atoms with Gasteiger partial charge in [0.05, 0.1) is 5.69 Å². The van der Waals surface area contributed by atoms with Gasteiger partial charge in [0.2, 0.25) is 5.95 Å². The summed E-state index contributed by atoms with van der Waals surface area (Å²) < 4.78 is 0.644. The number of anilines is 3. The summed E-state index contributed by atoms with van der Waals surface area (Å²) in [6.45, 7) is 6.37. The van der Waals surface area contributed by atoms with Crippen LogP contribution in [0.1, 0.15) is 26.5 Å². The molecule has 0 unspecified atom stereocenters. The van der Waals surface area contributed by atoms with Gasteiger partial charge in [-0.2, -0.15) is 4.98 Å². The lowest BCUT2D eigenvalue weighted by Crippen LogP contribution is -2.11. The Morgan fingerprint density at radius 1 is 1.28 bits per heavy atom. The van der Waals surface area contributed by atoms with Crippen molar-refractivity contribution in [1.82, 2.24) is 15.0 Å². The van der Waals surface area contributed by atoms with Crippen LogP contribution in [-0.2, 0) is 5.41 Å². The van der Waals surface area contributed by atoms with E-state index in [2.05, 4.69) is 57.0 Å². The predicted octanol–water partition coefficient (Wildman–Crippen LogP) is 3.32. The number of rotatable bonds is 2. The van der Waals surface area contributed by atoms with Crippen LogP contribution in [0.5, 0.6) is 0 Å². The average molecular weight is 328 g/mol. The summed E-state index contributed by atoms with van der Waals surface area (Å²) in [6, 6.07) is 1.65. The number of halogens is 1. The molecule has 0 fully saturated rings. The Hall–Kier alpha value is -1.21. The largest absolute Gasteiger partial charge is 0.383 e. The standard InChI is InChI=1S/C11H14BrN5S/c1-11(2,3)6-5-18-10(14-6)17-9-15-7(12)4-8(13)16-9/h4-5H,1-3H3,(H3,13,14,15,16,17). The van der Waals surface area contributed by atoms with Gasteiger partial charge in [0.25, 0.3) is 0 Å². The minimum atomic E-state index is 0.0353. The molecule has 2 aromatic rings. The van der Waals surface area contributed by atoms with E-state index in [1.165, 1.54) is 11.3 Å². The van der Waals surface area contributed by atoms with Crippen LogP contribution in [0.15, 0.2) is 16.0 Å². The Bertz CT molecular complexity index is 541. The fourth-order valence-electron chi connectivity index (χ4n) is 1.26. The zero-order valence-electron chi connectivity index (χ0n) is 10.4. The quantitative estimate of drug-likeness (QED) is 0.827. The number of nitrogens with one attached hydrogen (secondary N) is 1. The van der Waals surface area contributed by atoms with Gasteiger partial charge >= 0.3 is 0 Å². The molecule has 0 aliphatic carbocycles. The Morgan fingerprint density at radius 3 is 2.56 bits per heavy atom. The summed E-state index contributed by atoms with van der Waals surface area (Å²) in [4.78, 5) is 12.8. The number of nitrogens with two attached hydrogens (primary N) is 1. The summed E-state index contributed by atoms with van der Waals surface area (Å²) in [5, 5.41) is 5.85. The lowest BCUT2D eigenvalue weighted by atomic mass is 9.93. The van der Waals surface area contributed by atoms with E-state index in [9.17, 15) is 0 Å².